The number of piperidine rings is 1. The molecule has 124 valence electrons. The van der Waals surface area contributed by atoms with Crippen LogP contribution in [0.4, 0.5) is 0 Å². The fourth-order valence-corrected chi connectivity index (χ4v) is 2.91. The second kappa shape index (κ2) is 10.6. The lowest BCUT2D eigenvalue weighted by molar-refractivity contribution is 0.0496. The average molecular weight is 326 g/mol. The average Bonchev–Trinajstić information content (AvgIpc) is 2.53. The van der Waals surface area contributed by atoms with E-state index in [0.717, 1.165) is 18.9 Å². The molecule has 1 aromatic rings. The van der Waals surface area contributed by atoms with E-state index in [1.807, 2.05) is 18.2 Å². The topological polar surface area (TPSA) is 29.5 Å². The third-order valence-corrected chi connectivity index (χ3v) is 4.27. The molecule has 1 aliphatic heterocycles. The molecule has 1 aromatic carbocycles. The number of nitrogens with zero attached hydrogens (tertiary/aromatic N) is 1. The molecule has 1 saturated heterocycles. The summed E-state index contributed by atoms with van der Waals surface area (Å²) in [5, 5.41) is 0. The molecule has 1 fully saturated rings. The zero-order valence-electron chi connectivity index (χ0n) is 13.5. The first-order valence-corrected chi connectivity index (χ1v) is 8.23. The molecule has 0 radical (unpaired) electrons. The lowest BCUT2D eigenvalue weighted by Gasteiger charge is -2.33. The van der Waals surface area contributed by atoms with Gasteiger partial charge in [0.1, 0.15) is 0 Å². The van der Waals surface area contributed by atoms with Gasteiger partial charge in [-0.25, -0.2) is 4.79 Å². The van der Waals surface area contributed by atoms with Crippen LogP contribution in [-0.4, -0.2) is 36.6 Å². The highest BCUT2D eigenvalue weighted by atomic mass is 35.5. The predicted octanol–water partition coefficient (Wildman–Crippen LogP) is 4.31. The number of esters is 1. The Hall–Kier alpha value is -1.06. The van der Waals surface area contributed by atoms with E-state index in [0.29, 0.717) is 12.2 Å². The van der Waals surface area contributed by atoms with Gasteiger partial charge < -0.3 is 9.64 Å². The minimum Gasteiger partial charge on any atom is -0.462 e. The Kier molecular flexibility index (Phi) is 9.17. The zero-order chi connectivity index (χ0) is 14.9. The van der Waals surface area contributed by atoms with Crippen molar-refractivity contribution in [3.63, 3.8) is 0 Å². The third kappa shape index (κ3) is 6.37. The highest BCUT2D eigenvalue weighted by molar-refractivity contribution is 5.89. The second-order valence-corrected chi connectivity index (χ2v) is 5.94. The largest absolute Gasteiger partial charge is 0.462 e. The van der Waals surface area contributed by atoms with Crippen molar-refractivity contribution in [2.24, 2.45) is 0 Å². The summed E-state index contributed by atoms with van der Waals surface area (Å²) in [7, 11) is 0. The van der Waals surface area contributed by atoms with Gasteiger partial charge in [0.05, 0.1) is 12.2 Å². The van der Waals surface area contributed by atoms with Crippen molar-refractivity contribution in [2.75, 3.05) is 19.7 Å². The summed E-state index contributed by atoms with van der Waals surface area (Å²) in [4.78, 5) is 14.3. The smallest absolute Gasteiger partial charge is 0.338 e. The first-order valence-electron chi connectivity index (χ1n) is 8.23. The van der Waals surface area contributed by atoms with Crippen LogP contribution in [0.3, 0.4) is 0 Å². The van der Waals surface area contributed by atoms with E-state index in [1.165, 1.54) is 38.8 Å². The molecule has 2 rings (SSSR count). The molecule has 0 aliphatic carbocycles. The van der Waals surface area contributed by atoms with Gasteiger partial charge >= 0.3 is 5.97 Å². The van der Waals surface area contributed by atoms with Gasteiger partial charge in [0.2, 0.25) is 0 Å². The van der Waals surface area contributed by atoms with Gasteiger partial charge in [0.25, 0.3) is 0 Å². The number of likely N-dealkylation sites (tertiary alicyclic amines) is 1. The van der Waals surface area contributed by atoms with E-state index in [1.54, 1.807) is 12.1 Å². The van der Waals surface area contributed by atoms with Gasteiger partial charge in [0.15, 0.2) is 0 Å². The van der Waals surface area contributed by atoms with Crippen molar-refractivity contribution >= 4 is 18.4 Å². The van der Waals surface area contributed by atoms with Gasteiger partial charge in [-0.2, -0.15) is 0 Å². The number of halogens is 1. The number of carbonyl (C=O) groups excluding carboxylic acids is 1. The van der Waals surface area contributed by atoms with E-state index in [2.05, 4.69) is 11.8 Å². The van der Waals surface area contributed by atoms with E-state index in [4.69, 9.17) is 4.74 Å². The first kappa shape index (κ1) is 19.0. The van der Waals surface area contributed by atoms with Crippen LogP contribution in [0.1, 0.15) is 55.8 Å². The molecule has 1 atom stereocenters. The van der Waals surface area contributed by atoms with Gasteiger partial charge in [0, 0.05) is 6.04 Å². The van der Waals surface area contributed by atoms with Crippen LogP contribution in [-0.2, 0) is 4.74 Å². The summed E-state index contributed by atoms with van der Waals surface area (Å²) >= 11 is 0. The first-order chi connectivity index (χ1) is 10.3. The Balaban J connectivity index is 0.00000242. The number of hydrogen-bond donors (Lipinski definition) is 0. The summed E-state index contributed by atoms with van der Waals surface area (Å²) in [6, 6.07) is 9.94. The number of rotatable bonds is 7. The van der Waals surface area contributed by atoms with Crippen LogP contribution in [0.5, 0.6) is 0 Å². The fraction of sp³-hybridized carbons (Fsp3) is 0.611. The summed E-state index contributed by atoms with van der Waals surface area (Å²) < 4.78 is 5.29. The molecule has 1 heterocycles. The molecule has 0 aromatic heterocycles. The van der Waals surface area contributed by atoms with Crippen LogP contribution < -0.4 is 0 Å². The molecule has 0 saturated carbocycles. The Morgan fingerprint density at radius 3 is 2.68 bits per heavy atom. The quantitative estimate of drug-likeness (QED) is 0.552. The fourth-order valence-electron chi connectivity index (χ4n) is 2.91. The number of ether oxygens (including phenoxy) is 1. The molecule has 1 aliphatic rings. The Labute approximate surface area is 140 Å². The summed E-state index contributed by atoms with van der Waals surface area (Å²) in [6.07, 6.45) is 7.36. The monoisotopic (exact) mass is 325 g/mol. The van der Waals surface area contributed by atoms with Crippen LogP contribution in [0.25, 0.3) is 0 Å². The van der Waals surface area contributed by atoms with E-state index >= 15 is 0 Å². The molecule has 0 spiro atoms. The summed E-state index contributed by atoms with van der Waals surface area (Å²) in [5.41, 5.74) is 0.639. The third-order valence-electron chi connectivity index (χ3n) is 4.27. The molecule has 0 amide bonds. The second-order valence-electron chi connectivity index (χ2n) is 5.94. The molecular formula is C18H28ClNO2. The maximum atomic E-state index is 11.7. The Morgan fingerprint density at radius 2 is 1.95 bits per heavy atom. The highest BCUT2D eigenvalue weighted by Crippen LogP contribution is 2.16. The molecular weight excluding hydrogens is 298 g/mol. The maximum Gasteiger partial charge on any atom is 0.338 e. The van der Waals surface area contributed by atoms with Crippen LogP contribution in [0.2, 0.25) is 0 Å². The van der Waals surface area contributed by atoms with Gasteiger partial charge in [-0.15, -0.1) is 12.4 Å². The number of benzene rings is 1. The SMILES string of the molecule is CC1CCCCN1CCCCCOC(=O)c1ccccc1.Cl. The molecule has 0 bridgehead atoms. The van der Waals surface area contributed by atoms with Crippen molar-refractivity contribution in [1.29, 1.82) is 0 Å². The Morgan fingerprint density at radius 1 is 1.18 bits per heavy atom. The normalized spacial score (nSPS) is 18.5. The number of hydrogen-bond acceptors (Lipinski definition) is 3. The highest BCUT2D eigenvalue weighted by Gasteiger charge is 2.16. The molecule has 1 unspecified atom stereocenters. The minimum absolute atomic E-state index is 0. The van der Waals surface area contributed by atoms with Crippen molar-refractivity contribution < 1.29 is 9.53 Å². The van der Waals surface area contributed by atoms with Crippen molar-refractivity contribution in [1.82, 2.24) is 4.90 Å². The van der Waals surface area contributed by atoms with E-state index in [-0.39, 0.29) is 18.4 Å². The summed E-state index contributed by atoms with van der Waals surface area (Å²) in [5.74, 6) is -0.208. The predicted molar refractivity (Wildman–Crippen MR) is 92.7 cm³/mol. The Bertz CT molecular complexity index is 424. The lowest BCUT2D eigenvalue weighted by Crippen LogP contribution is -2.37. The van der Waals surface area contributed by atoms with Crippen LogP contribution >= 0.6 is 12.4 Å². The van der Waals surface area contributed by atoms with E-state index < -0.39 is 0 Å². The number of carbonyl (C=O) groups is 1. The summed E-state index contributed by atoms with van der Waals surface area (Å²) in [6.45, 7) is 5.31. The molecule has 3 nitrogen and oxygen atoms in total. The van der Waals surface area contributed by atoms with E-state index in [9.17, 15) is 4.79 Å². The number of unbranched alkanes of at least 4 members (excludes halogenated alkanes) is 2. The van der Waals surface area contributed by atoms with Gasteiger partial charge in [-0.05, 0) is 64.3 Å². The lowest BCUT2D eigenvalue weighted by atomic mass is 10.0. The van der Waals surface area contributed by atoms with Gasteiger partial charge in [-0.3, -0.25) is 0 Å². The minimum atomic E-state index is -0.208. The van der Waals surface area contributed by atoms with Crippen LogP contribution in [0, 0.1) is 0 Å². The zero-order valence-corrected chi connectivity index (χ0v) is 14.3. The van der Waals surface area contributed by atoms with Crippen LogP contribution in [0.15, 0.2) is 30.3 Å². The van der Waals surface area contributed by atoms with Crippen molar-refractivity contribution in [3.8, 4) is 0 Å². The standard InChI is InChI=1S/C18H27NO2.ClH/c1-16-10-6-8-14-19(16)13-7-3-9-15-21-18(20)17-11-4-2-5-12-17;/h2,4-5,11-12,16H,3,6-10,13-15H2,1H3;1H. The van der Waals surface area contributed by atoms with Crippen molar-refractivity contribution in [2.45, 2.75) is 51.5 Å². The van der Waals surface area contributed by atoms with Crippen molar-refractivity contribution in [3.05, 3.63) is 35.9 Å². The molecule has 22 heavy (non-hydrogen) atoms. The maximum absolute atomic E-state index is 11.7. The molecule has 4 heteroatoms. The molecule has 0 N–H and O–H groups in total. The van der Waals surface area contributed by atoms with Gasteiger partial charge in [-0.1, -0.05) is 24.6 Å².